The maximum Gasteiger partial charge on any atom is 0.185 e. The van der Waals surface area contributed by atoms with E-state index in [1.807, 2.05) is 18.5 Å². The lowest BCUT2D eigenvalue weighted by Crippen LogP contribution is -2.21. The van der Waals surface area contributed by atoms with Gasteiger partial charge in [0.2, 0.25) is 0 Å². The van der Waals surface area contributed by atoms with Crippen LogP contribution in [0.3, 0.4) is 0 Å². The number of hydrogen-bond acceptors (Lipinski definition) is 4. The van der Waals surface area contributed by atoms with Gasteiger partial charge in [-0.3, -0.25) is 0 Å². The van der Waals surface area contributed by atoms with Gasteiger partial charge in [0.25, 0.3) is 0 Å². The molecular formula is C21H22N4S. The van der Waals surface area contributed by atoms with Gasteiger partial charge in [0.15, 0.2) is 5.13 Å². The molecule has 0 amide bonds. The Kier molecular flexibility index (Phi) is 4.71. The zero-order chi connectivity index (χ0) is 17.9. The second-order valence-electron chi connectivity index (χ2n) is 6.29. The summed E-state index contributed by atoms with van der Waals surface area (Å²) in [5.74, 6) is 0. The van der Waals surface area contributed by atoms with Crippen LogP contribution in [0.2, 0.25) is 0 Å². The summed E-state index contributed by atoms with van der Waals surface area (Å²) in [6.07, 6.45) is 4.86. The fourth-order valence-electron chi connectivity index (χ4n) is 3.21. The number of rotatable bonds is 6. The molecule has 0 saturated carbocycles. The number of hydrogen-bond donors (Lipinski definition) is 1. The average molecular weight is 363 g/mol. The lowest BCUT2D eigenvalue weighted by Gasteiger charge is -2.16. The normalized spacial score (nSPS) is 11.2. The van der Waals surface area contributed by atoms with Crippen molar-refractivity contribution < 1.29 is 0 Å². The number of nitrogens with one attached hydrogen (secondary N) is 1. The maximum atomic E-state index is 4.86. The fraction of sp³-hybridized carbons (Fsp3) is 0.238. The van der Waals surface area contributed by atoms with E-state index in [-0.39, 0.29) is 0 Å². The van der Waals surface area contributed by atoms with E-state index in [0.29, 0.717) is 0 Å². The van der Waals surface area contributed by atoms with Gasteiger partial charge in [-0.2, -0.15) is 0 Å². The minimum Gasteiger partial charge on any atom is -0.349 e. The molecule has 4 nitrogen and oxygen atoms in total. The molecule has 4 rings (SSSR count). The molecule has 0 atom stereocenters. The van der Waals surface area contributed by atoms with E-state index in [2.05, 4.69) is 64.4 Å². The van der Waals surface area contributed by atoms with Crippen LogP contribution in [0.4, 0.5) is 5.13 Å². The Morgan fingerprint density at radius 1 is 1.08 bits per heavy atom. The Morgan fingerprint density at radius 2 is 1.88 bits per heavy atom. The van der Waals surface area contributed by atoms with Gasteiger partial charge >= 0.3 is 0 Å². The van der Waals surface area contributed by atoms with Crippen molar-refractivity contribution in [3.8, 4) is 11.3 Å². The number of aromatic nitrogens is 3. The molecule has 4 aromatic rings. The highest BCUT2D eigenvalue weighted by Gasteiger charge is 2.13. The maximum absolute atomic E-state index is 4.86. The molecule has 0 radical (unpaired) electrons. The largest absolute Gasteiger partial charge is 0.349 e. The van der Waals surface area contributed by atoms with Gasteiger partial charge in [0.1, 0.15) is 5.65 Å². The van der Waals surface area contributed by atoms with Gasteiger partial charge in [0, 0.05) is 41.8 Å². The van der Waals surface area contributed by atoms with Gasteiger partial charge in [0.05, 0.1) is 5.69 Å². The Hall–Kier alpha value is -2.66. The summed E-state index contributed by atoms with van der Waals surface area (Å²) in [5.41, 5.74) is 5.56. The van der Waals surface area contributed by atoms with Crippen molar-refractivity contribution in [1.82, 2.24) is 15.0 Å². The van der Waals surface area contributed by atoms with Gasteiger partial charge in [-0.1, -0.05) is 30.3 Å². The SMILES string of the molecule is CCN(CC)c1nc(-c2c[nH]c3ncc(Cc4ccccc4)cc23)cs1. The number of aromatic amines is 1. The third-order valence-electron chi connectivity index (χ3n) is 4.64. The van der Waals surface area contributed by atoms with Crippen LogP contribution < -0.4 is 4.90 Å². The number of H-pyrrole nitrogens is 1. The van der Waals surface area contributed by atoms with Gasteiger partial charge in [-0.25, -0.2) is 9.97 Å². The monoisotopic (exact) mass is 362 g/mol. The number of fused-ring (bicyclic) bond motifs is 1. The van der Waals surface area contributed by atoms with Crippen LogP contribution in [-0.2, 0) is 6.42 Å². The molecule has 0 spiro atoms. The van der Waals surface area contributed by atoms with E-state index in [1.165, 1.54) is 11.1 Å². The Bertz CT molecular complexity index is 999. The number of pyridine rings is 1. The van der Waals surface area contributed by atoms with Crippen LogP contribution in [0.25, 0.3) is 22.3 Å². The molecule has 0 fully saturated rings. The van der Waals surface area contributed by atoms with Crippen molar-refractivity contribution in [3.63, 3.8) is 0 Å². The number of nitrogens with zero attached hydrogens (tertiary/aromatic N) is 3. The summed E-state index contributed by atoms with van der Waals surface area (Å²) in [4.78, 5) is 15.0. The van der Waals surface area contributed by atoms with Crippen molar-refractivity contribution in [2.24, 2.45) is 0 Å². The van der Waals surface area contributed by atoms with Crippen molar-refractivity contribution in [2.75, 3.05) is 18.0 Å². The molecule has 0 aliphatic heterocycles. The third kappa shape index (κ3) is 3.22. The quantitative estimate of drug-likeness (QED) is 0.517. The van der Waals surface area contributed by atoms with E-state index in [0.717, 1.165) is 46.9 Å². The van der Waals surface area contributed by atoms with Crippen LogP contribution >= 0.6 is 11.3 Å². The standard InChI is InChI=1S/C21H22N4S/c1-3-25(4-2)21-24-19(14-26-21)18-13-23-20-17(18)11-16(12-22-20)10-15-8-6-5-7-9-15/h5-9,11-14H,3-4,10H2,1-2H3,(H,22,23). The first-order valence-corrected chi connectivity index (χ1v) is 9.87. The second-order valence-corrected chi connectivity index (χ2v) is 7.13. The highest BCUT2D eigenvalue weighted by molar-refractivity contribution is 7.14. The molecular weight excluding hydrogens is 340 g/mol. The molecule has 0 aliphatic rings. The molecule has 3 heterocycles. The number of thiazole rings is 1. The molecule has 3 aromatic heterocycles. The highest BCUT2D eigenvalue weighted by Crippen LogP contribution is 2.32. The zero-order valence-electron chi connectivity index (χ0n) is 15.1. The molecule has 5 heteroatoms. The van der Waals surface area contributed by atoms with Crippen molar-refractivity contribution in [1.29, 1.82) is 0 Å². The zero-order valence-corrected chi connectivity index (χ0v) is 15.9. The van der Waals surface area contributed by atoms with Gasteiger partial charge in [-0.15, -0.1) is 11.3 Å². The first kappa shape index (κ1) is 16.8. The van der Waals surface area contributed by atoms with Gasteiger partial charge < -0.3 is 9.88 Å². The molecule has 0 saturated heterocycles. The van der Waals surface area contributed by atoms with Crippen LogP contribution in [0.1, 0.15) is 25.0 Å². The first-order valence-electron chi connectivity index (χ1n) is 8.99. The molecule has 0 aliphatic carbocycles. The Labute approximate surface area is 157 Å². The minimum absolute atomic E-state index is 0.885. The molecule has 1 aromatic carbocycles. The predicted molar refractivity (Wildman–Crippen MR) is 110 cm³/mol. The topological polar surface area (TPSA) is 44.8 Å². The first-order chi connectivity index (χ1) is 12.8. The summed E-state index contributed by atoms with van der Waals surface area (Å²) >= 11 is 1.70. The second kappa shape index (κ2) is 7.30. The smallest absolute Gasteiger partial charge is 0.185 e. The summed E-state index contributed by atoms with van der Waals surface area (Å²) in [5, 5.41) is 4.35. The Morgan fingerprint density at radius 3 is 2.65 bits per heavy atom. The van der Waals surface area contributed by atoms with Crippen molar-refractivity contribution in [3.05, 3.63) is 65.3 Å². The van der Waals surface area contributed by atoms with Crippen LogP contribution in [0.5, 0.6) is 0 Å². The minimum atomic E-state index is 0.885. The lowest BCUT2D eigenvalue weighted by molar-refractivity contribution is 0.860. The summed E-state index contributed by atoms with van der Waals surface area (Å²) in [7, 11) is 0. The third-order valence-corrected chi connectivity index (χ3v) is 5.54. The lowest BCUT2D eigenvalue weighted by atomic mass is 10.0. The highest BCUT2D eigenvalue weighted by atomic mass is 32.1. The molecule has 0 bridgehead atoms. The number of anilines is 1. The van der Waals surface area contributed by atoms with Crippen LogP contribution in [0, 0.1) is 0 Å². The Balaban J connectivity index is 1.69. The molecule has 132 valence electrons. The van der Waals surface area contributed by atoms with Gasteiger partial charge in [-0.05, 0) is 37.5 Å². The molecule has 0 unspecified atom stereocenters. The molecule has 1 N–H and O–H groups in total. The summed E-state index contributed by atoms with van der Waals surface area (Å²) in [6.45, 7) is 6.27. The van der Waals surface area contributed by atoms with E-state index in [4.69, 9.17) is 4.98 Å². The molecule has 26 heavy (non-hydrogen) atoms. The average Bonchev–Trinajstić information content (AvgIpc) is 3.30. The van der Waals surface area contributed by atoms with Crippen LogP contribution in [0.15, 0.2) is 54.2 Å². The predicted octanol–water partition coefficient (Wildman–Crippen LogP) is 5.12. The van der Waals surface area contributed by atoms with Crippen molar-refractivity contribution >= 4 is 27.5 Å². The van der Waals surface area contributed by atoms with E-state index < -0.39 is 0 Å². The summed E-state index contributed by atoms with van der Waals surface area (Å²) in [6, 6.07) is 12.7. The summed E-state index contributed by atoms with van der Waals surface area (Å²) < 4.78 is 0. The number of benzene rings is 1. The van der Waals surface area contributed by atoms with E-state index in [9.17, 15) is 0 Å². The van der Waals surface area contributed by atoms with E-state index >= 15 is 0 Å². The fourth-order valence-corrected chi connectivity index (χ4v) is 4.17. The van der Waals surface area contributed by atoms with Crippen molar-refractivity contribution in [2.45, 2.75) is 20.3 Å². The van der Waals surface area contributed by atoms with Crippen LogP contribution in [-0.4, -0.2) is 28.0 Å². The van der Waals surface area contributed by atoms with E-state index in [1.54, 1.807) is 11.3 Å².